The van der Waals surface area contributed by atoms with E-state index in [0.29, 0.717) is 30.7 Å². The van der Waals surface area contributed by atoms with E-state index in [9.17, 15) is 17.6 Å². The molecule has 0 bridgehead atoms. The van der Waals surface area contributed by atoms with Crippen LogP contribution in [0.4, 0.5) is 29.2 Å². The van der Waals surface area contributed by atoms with Crippen LogP contribution < -0.4 is 10.2 Å². The first-order chi connectivity index (χ1) is 15.3. The molecule has 0 aromatic carbocycles. The molecule has 4 fully saturated rings. The average Bonchev–Trinajstić information content (AvgIpc) is 3.43. The number of anilines is 2. The van der Waals surface area contributed by atoms with Gasteiger partial charge in [0.05, 0.1) is 6.54 Å². The van der Waals surface area contributed by atoms with Crippen LogP contribution in [0.3, 0.4) is 0 Å². The number of likely N-dealkylation sites (tertiary alicyclic amines) is 1. The third-order valence-corrected chi connectivity index (χ3v) is 7.57. The lowest BCUT2D eigenvalue weighted by Crippen LogP contribution is -2.32. The summed E-state index contributed by atoms with van der Waals surface area (Å²) in [7, 11) is 0. The molecular weight excluding hydrogens is 426 g/mol. The molecule has 6 nitrogen and oxygen atoms in total. The summed E-state index contributed by atoms with van der Waals surface area (Å²) in [6.07, 6.45) is -1.33. The number of aromatic nitrogens is 2. The third kappa shape index (κ3) is 4.81. The number of hydrogen-bond acceptors (Lipinski definition) is 6. The maximum Gasteiger partial charge on any atom is 0.420 e. The lowest BCUT2D eigenvalue weighted by Gasteiger charge is -2.28. The molecule has 3 aliphatic heterocycles. The Morgan fingerprint density at radius 2 is 1.75 bits per heavy atom. The van der Waals surface area contributed by atoms with E-state index >= 15 is 0 Å². The van der Waals surface area contributed by atoms with Gasteiger partial charge in [-0.25, -0.2) is 4.39 Å². The molecule has 0 spiro atoms. The van der Waals surface area contributed by atoms with Crippen molar-refractivity contribution in [1.29, 1.82) is 0 Å². The molecule has 4 atom stereocenters. The molecule has 4 aliphatic rings. The van der Waals surface area contributed by atoms with Gasteiger partial charge >= 0.3 is 6.18 Å². The van der Waals surface area contributed by atoms with Crippen molar-refractivity contribution in [3.8, 4) is 0 Å². The Hall–Kier alpha value is -1.68. The fraction of sp³-hybridized carbons (Fsp3) is 0.818. The smallest absolute Gasteiger partial charge is 0.381 e. The first-order valence-corrected chi connectivity index (χ1v) is 11.8. The summed E-state index contributed by atoms with van der Waals surface area (Å²) in [4.78, 5) is 4.06. The number of fused-ring (bicyclic) bond motifs is 1. The summed E-state index contributed by atoms with van der Waals surface area (Å²) in [5.41, 5.74) is -0.817. The molecule has 0 amide bonds. The highest BCUT2D eigenvalue weighted by molar-refractivity contribution is 5.53. The zero-order valence-electron chi connectivity index (χ0n) is 18.2. The van der Waals surface area contributed by atoms with E-state index in [0.717, 1.165) is 64.6 Å². The van der Waals surface area contributed by atoms with Gasteiger partial charge in [0.2, 0.25) is 0 Å². The summed E-state index contributed by atoms with van der Waals surface area (Å²) in [5, 5.41) is 10.9. The van der Waals surface area contributed by atoms with Crippen LogP contribution in [0.2, 0.25) is 0 Å². The number of nitrogens with zero attached hydrogens (tertiary/aromatic N) is 4. The number of halogens is 4. The van der Waals surface area contributed by atoms with Crippen LogP contribution in [-0.2, 0) is 10.9 Å². The fourth-order valence-corrected chi connectivity index (χ4v) is 5.94. The maximum absolute atomic E-state index is 13.8. The molecule has 1 aliphatic carbocycles. The lowest BCUT2D eigenvalue weighted by atomic mass is 10.00. The van der Waals surface area contributed by atoms with E-state index in [-0.39, 0.29) is 24.2 Å². The van der Waals surface area contributed by atoms with Crippen molar-refractivity contribution in [2.24, 2.45) is 17.8 Å². The quantitative estimate of drug-likeness (QED) is 0.682. The molecule has 1 aromatic rings. The summed E-state index contributed by atoms with van der Waals surface area (Å²) >= 11 is 0. The minimum Gasteiger partial charge on any atom is -0.381 e. The molecule has 1 saturated carbocycles. The molecule has 0 unspecified atom stereocenters. The molecule has 32 heavy (non-hydrogen) atoms. The largest absolute Gasteiger partial charge is 0.420 e. The normalized spacial score (nSPS) is 31.9. The van der Waals surface area contributed by atoms with E-state index in [1.54, 1.807) is 0 Å². The standard InChI is InChI=1S/C22H31F4N5O/c23-17-1-4-31(13-17)20-9-19(22(24,25)26)21(29-28-20)27-18-7-15-11-30(12-16(15)8-18)10-14-2-5-32-6-3-14/h9,14-18H,1-8,10-13H2,(H,27,29)/t15-,16+,17-,18+/m1/s1. The van der Waals surface area contributed by atoms with E-state index < -0.39 is 17.9 Å². The second-order valence-corrected chi connectivity index (χ2v) is 9.90. The van der Waals surface area contributed by atoms with Gasteiger partial charge < -0.3 is 19.9 Å². The molecule has 1 N–H and O–H groups in total. The van der Waals surface area contributed by atoms with Gasteiger partial charge in [-0.15, -0.1) is 10.2 Å². The molecular formula is C22H31F4N5O. The minimum atomic E-state index is -4.54. The second-order valence-electron chi connectivity index (χ2n) is 9.90. The van der Waals surface area contributed by atoms with Crippen LogP contribution in [0.15, 0.2) is 6.07 Å². The number of hydrogen-bond donors (Lipinski definition) is 1. The molecule has 1 aromatic heterocycles. The van der Waals surface area contributed by atoms with Crippen molar-refractivity contribution in [2.45, 2.75) is 50.5 Å². The zero-order valence-corrected chi connectivity index (χ0v) is 18.2. The summed E-state index contributed by atoms with van der Waals surface area (Å²) in [6, 6.07) is 0.983. The lowest BCUT2D eigenvalue weighted by molar-refractivity contribution is -0.137. The van der Waals surface area contributed by atoms with Crippen LogP contribution in [0.25, 0.3) is 0 Å². The topological polar surface area (TPSA) is 53.5 Å². The summed E-state index contributed by atoms with van der Waals surface area (Å²) in [6.45, 7) is 5.28. The Labute approximate surface area is 185 Å². The Kier molecular flexibility index (Phi) is 6.17. The highest BCUT2D eigenvalue weighted by Gasteiger charge is 2.43. The van der Waals surface area contributed by atoms with Gasteiger partial charge in [-0.05, 0) is 55.9 Å². The van der Waals surface area contributed by atoms with Crippen LogP contribution in [0, 0.1) is 17.8 Å². The monoisotopic (exact) mass is 457 g/mol. The van der Waals surface area contributed by atoms with E-state index in [2.05, 4.69) is 20.4 Å². The van der Waals surface area contributed by atoms with Gasteiger partial charge in [0.25, 0.3) is 0 Å². The highest BCUT2D eigenvalue weighted by Crippen LogP contribution is 2.42. The van der Waals surface area contributed by atoms with Crippen molar-refractivity contribution in [1.82, 2.24) is 15.1 Å². The molecule has 5 rings (SSSR count). The molecule has 3 saturated heterocycles. The Balaban J connectivity index is 1.20. The zero-order chi connectivity index (χ0) is 22.3. The number of nitrogens with one attached hydrogen (secondary N) is 1. The van der Waals surface area contributed by atoms with Gasteiger partial charge in [0, 0.05) is 45.4 Å². The SMILES string of the molecule is F[C@@H]1CCN(c2cc(C(F)(F)F)c(N[C@H]3C[C@@H]4CN(CC5CCOCC5)C[C@@H]4C3)nn2)C1. The third-order valence-electron chi connectivity index (χ3n) is 7.57. The molecule has 4 heterocycles. The average molecular weight is 458 g/mol. The highest BCUT2D eigenvalue weighted by atomic mass is 19.4. The Morgan fingerprint density at radius 3 is 2.38 bits per heavy atom. The predicted octanol–water partition coefficient (Wildman–Crippen LogP) is 3.59. The second kappa shape index (κ2) is 8.93. The molecule has 10 heteroatoms. The van der Waals surface area contributed by atoms with E-state index in [1.165, 1.54) is 4.90 Å². The summed E-state index contributed by atoms with van der Waals surface area (Å²) < 4.78 is 60.2. The number of ether oxygens (including phenoxy) is 1. The Bertz CT molecular complexity index is 789. The number of rotatable bonds is 5. The molecule has 0 radical (unpaired) electrons. The first-order valence-electron chi connectivity index (χ1n) is 11.8. The van der Waals surface area contributed by atoms with Crippen LogP contribution in [0.1, 0.15) is 37.7 Å². The van der Waals surface area contributed by atoms with Gasteiger partial charge in [-0.3, -0.25) is 0 Å². The fourth-order valence-electron chi connectivity index (χ4n) is 5.94. The van der Waals surface area contributed by atoms with Gasteiger partial charge in [-0.2, -0.15) is 13.2 Å². The Morgan fingerprint density at radius 1 is 1.03 bits per heavy atom. The maximum atomic E-state index is 13.8. The van der Waals surface area contributed by atoms with Gasteiger partial charge in [0.15, 0.2) is 11.6 Å². The van der Waals surface area contributed by atoms with Crippen molar-refractivity contribution in [3.63, 3.8) is 0 Å². The van der Waals surface area contributed by atoms with Crippen molar-refractivity contribution < 1.29 is 22.3 Å². The van der Waals surface area contributed by atoms with Gasteiger partial charge in [0.1, 0.15) is 11.7 Å². The van der Waals surface area contributed by atoms with Crippen LogP contribution >= 0.6 is 0 Å². The van der Waals surface area contributed by atoms with Crippen molar-refractivity contribution >= 4 is 11.6 Å². The van der Waals surface area contributed by atoms with Crippen molar-refractivity contribution in [3.05, 3.63) is 11.6 Å². The predicted molar refractivity (Wildman–Crippen MR) is 112 cm³/mol. The first kappa shape index (κ1) is 22.1. The minimum absolute atomic E-state index is 0.0292. The molecule has 178 valence electrons. The van der Waals surface area contributed by atoms with Crippen molar-refractivity contribution in [2.75, 3.05) is 56.2 Å². The summed E-state index contributed by atoms with van der Waals surface area (Å²) in [5.74, 6) is 1.61. The van der Waals surface area contributed by atoms with Crippen LogP contribution in [-0.4, -0.2) is 73.2 Å². The van der Waals surface area contributed by atoms with E-state index in [1.807, 2.05) is 0 Å². The number of alkyl halides is 4. The van der Waals surface area contributed by atoms with E-state index in [4.69, 9.17) is 4.74 Å². The van der Waals surface area contributed by atoms with Gasteiger partial charge in [-0.1, -0.05) is 0 Å². The van der Waals surface area contributed by atoms with Crippen LogP contribution in [0.5, 0.6) is 0 Å².